The average molecular weight is 211 g/mol. The quantitative estimate of drug-likeness (QED) is 0.442. The zero-order chi connectivity index (χ0) is 10.3. The Bertz CT molecular complexity index is 533. The lowest BCUT2D eigenvalue weighted by atomic mass is 10.2. The molecule has 1 aromatic heterocycles. The summed E-state index contributed by atoms with van der Waals surface area (Å²) in [6.45, 7) is 1.76. The van der Waals surface area contributed by atoms with E-state index in [-0.39, 0.29) is 0 Å². The summed E-state index contributed by atoms with van der Waals surface area (Å²) in [6, 6.07) is -1.35. The number of aryl methyl sites for hydroxylation is 1. The van der Waals surface area contributed by atoms with Gasteiger partial charge in [0, 0.05) is 11.0 Å². The van der Waals surface area contributed by atoms with E-state index >= 15 is 0 Å². The standard InChI is InChI=1S/C7H5N3O3S/c1-3-8-6-5(14-3)2-4(10(12)13)7(11)9-6/h2,4H,1H3. The Morgan fingerprint density at radius 2 is 2.36 bits per heavy atom. The first-order valence-electron chi connectivity index (χ1n) is 3.79. The van der Waals surface area contributed by atoms with Gasteiger partial charge in [-0.2, -0.15) is 4.99 Å². The minimum atomic E-state index is -1.35. The first-order chi connectivity index (χ1) is 6.58. The molecule has 0 saturated carbocycles. The molecular formula is C7H5N3O3S. The highest BCUT2D eigenvalue weighted by atomic mass is 32.1. The lowest BCUT2D eigenvalue weighted by molar-refractivity contribution is -0.490. The summed E-state index contributed by atoms with van der Waals surface area (Å²) in [7, 11) is 0. The fourth-order valence-corrected chi connectivity index (χ4v) is 1.99. The highest BCUT2D eigenvalue weighted by molar-refractivity contribution is 7.09. The zero-order valence-corrected chi connectivity index (χ0v) is 7.95. The van der Waals surface area contributed by atoms with Gasteiger partial charge in [0.15, 0.2) is 5.49 Å². The molecule has 0 saturated heterocycles. The van der Waals surface area contributed by atoms with Crippen LogP contribution >= 0.6 is 11.3 Å². The Balaban J connectivity index is 2.66. The van der Waals surface area contributed by atoms with Crippen molar-refractivity contribution in [1.82, 2.24) is 4.98 Å². The fourth-order valence-electron chi connectivity index (χ4n) is 1.16. The first kappa shape index (κ1) is 8.95. The van der Waals surface area contributed by atoms with Crippen LogP contribution in [-0.4, -0.2) is 21.9 Å². The van der Waals surface area contributed by atoms with E-state index in [0.29, 0.717) is 10.0 Å². The molecule has 2 rings (SSSR count). The van der Waals surface area contributed by atoms with E-state index in [1.54, 1.807) is 6.92 Å². The van der Waals surface area contributed by atoms with Crippen molar-refractivity contribution in [2.45, 2.75) is 13.0 Å². The number of thiazole rings is 1. The summed E-state index contributed by atoms with van der Waals surface area (Å²) in [6.07, 6.45) is 1.30. The van der Waals surface area contributed by atoms with Gasteiger partial charge in [0.2, 0.25) is 0 Å². The number of carbonyl (C=O) groups is 1. The minimum Gasteiger partial charge on any atom is -0.264 e. The molecule has 0 aliphatic carbocycles. The molecule has 0 radical (unpaired) electrons. The molecule has 1 aromatic rings. The normalized spacial score (nSPS) is 19.5. The van der Waals surface area contributed by atoms with Crippen LogP contribution in [0.2, 0.25) is 0 Å². The third-order valence-electron chi connectivity index (χ3n) is 1.75. The molecule has 1 unspecified atom stereocenters. The largest absolute Gasteiger partial charge is 0.326 e. The summed E-state index contributed by atoms with van der Waals surface area (Å²) in [5.41, 5.74) is 0.301. The second kappa shape index (κ2) is 2.95. The van der Waals surface area contributed by atoms with Gasteiger partial charge < -0.3 is 0 Å². The van der Waals surface area contributed by atoms with Crippen molar-refractivity contribution in [2.24, 2.45) is 4.99 Å². The zero-order valence-electron chi connectivity index (χ0n) is 7.13. The molecule has 7 heteroatoms. The highest BCUT2D eigenvalue weighted by Crippen LogP contribution is 2.01. The van der Waals surface area contributed by atoms with Gasteiger partial charge >= 0.3 is 11.9 Å². The number of nitro groups is 1. The van der Waals surface area contributed by atoms with Crippen molar-refractivity contribution >= 4 is 23.3 Å². The molecule has 0 aromatic carbocycles. The maximum absolute atomic E-state index is 11.1. The molecule has 0 fully saturated rings. The maximum Gasteiger partial charge on any atom is 0.326 e. The van der Waals surface area contributed by atoms with Crippen LogP contribution in [0.5, 0.6) is 0 Å². The number of hydrogen-bond donors (Lipinski definition) is 0. The Kier molecular flexibility index (Phi) is 1.88. The van der Waals surface area contributed by atoms with E-state index in [9.17, 15) is 14.9 Å². The lowest BCUT2D eigenvalue weighted by Gasteiger charge is -2.00. The van der Waals surface area contributed by atoms with Crippen molar-refractivity contribution in [3.05, 3.63) is 25.1 Å². The molecule has 14 heavy (non-hydrogen) atoms. The molecule has 1 atom stereocenters. The Hall–Kier alpha value is -1.63. The third kappa shape index (κ3) is 1.31. The van der Waals surface area contributed by atoms with Gasteiger partial charge in [-0.05, 0) is 6.92 Å². The predicted molar refractivity (Wildman–Crippen MR) is 47.9 cm³/mol. The molecule has 6 nitrogen and oxygen atoms in total. The van der Waals surface area contributed by atoms with Crippen LogP contribution < -0.4 is 10.0 Å². The van der Waals surface area contributed by atoms with E-state index < -0.39 is 16.9 Å². The number of aromatic nitrogens is 1. The number of fused-ring (bicyclic) bond motifs is 1. The molecule has 0 bridgehead atoms. The van der Waals surface area contributed by atoms with Crippen LogP contribution in [0, 0.1) is 17.0 Å². The van der Waals surface area contributed by atoms with Crippen molar-refractivity contribution in [2.75, 3.05) is 0 Å². The number of carbonyl (C=O) groups excluding carboxylic acids is 1. The molecule has 0 N–H and O–H groups in total. The van der Waals surface area contributed by atoms with Gasteiger partial charge in [-0.3, -0.25) is 14.9 Å². The number of hydrogen-bond acceptors (Lipinski definition) is 5. The molecule has 0 spiro atoms. The maximum atomic E-state index is 11.1. The minimum absolute atomic E-state index is 0.301. The Morgan fingerprint density at radius 1 is 1.64 bits per heavy atom. The van der Waals surface area contributed by atoms with Gasteiger partial charge in [-0.1, -0.05) is 0 Å². The summed E-state index contributed by atoms with van der Waals surface area (Å²) in [4.78, 5) is 28.5. The number of amides is 1. The van der Waals surface area contributed by atoms with Gasteiger partial charge in [0.05, 0.1) is 9.54 Å². The van der Waals surface area contributed by atoms with Gasteiger partial charge in [-0.15, -0.1) is 11.3 Å². The molecular weight excluding hydrogens is 206 g/mol. The smallest absolute Gasteiger partial charge is 0.264 e. The van der Waals surface area contributed by atoms with E-state index in [2.05, 4.69) is 9.98 Å². The van der Waals surface area contributed by atoms with E-state index in [4.69, 9.17) is 0 Å². The number of nitrogens with zero attached hydrogens (tertiary/aromatic N) is 3. The fraction of sp³-hybridized carbons (Fsp3) is 0.286. The lowest BCUT2D eigenvalue weighted by Crippen LogP contribution is -2.38. The van der Waals surface area contributed by atoms with Gasteiger partial charge in [0.1, 0.15) is 0 Å². The second-order valence-electron chi connectivity index (χ2n) is 2.77. The SMILES string of the molecule is Cc1nc2c(s1)=CC([N+](=O)[O-])C(=O)N=2. The van der Waals surface area contributed by atoms with Crippen molar-refractivity contribution in [3.63, 3.8) is 0 Å². The van der Waals surface area contributed by atoms with Gasteiger partial charge in [0.25, 0.3) is 0 Å². The average Bonchev–Trinajstić information content (AvgIpc) is 2.42. The summed E-state index contributed by atoms with van der Waals surface area (Å²) < 4.78 is 0.601. The Morgan fingerprint density at radius 3 is 3.00 bits per heavy atom. The van der Waals surface area contributed by atoms with E-state index in [0.717, 1.165) is 5.01 Å². The Labute approximate surface area is 81.8 Å². The van der Waals surface area contributed by atoms with Crippen LogP contribution in [0.25, 0.3) is 6.08 Å². The van der Waals surface area contributed by atoms with E-state index in [1.807, 2.05) is 0 Å². The number of rotatable bonds is 1. The molecule has 72 valence electrons. The molecule has 2 heterocycles. The van der Waals surface area contributed by atoms with Crippen molar-refractivity contribution < 1.29 is 9.72 Å². The second-order valence-corrected chi connectivity index (χ2v) is 4.00. The molecule has 1 aliphatic rings. The first-order valence-corrected chi connectivity index (χ1v) is 4.61. The van der Waals surface area contributed by atoms with Gasteiger partial charge in [-0.25, -0.2) is 4.98 Å². The van der Waals surface area contributed by atoms with Crippen LogP contribution in [0.3, 0.4) is 0 Å². The summed E-state index contributed by atoms with van der Waals surface area (Å²) in [5.74, 6) is -0.757. The van der Waals surface area contributed by atoms with Crippen molar-refractivity contribution in [3.8, 4) is 0 Å². The van der Waals surface area contributed by atoms with Crippen LogP contribution in [0.1, 0.15) is 5.01 Å². The van der Waals surface area contributed by atoms with Crippen LogP contribution in [0.4, 0.5) is 0 Å². The predicted octanol–water partition coefficient (Wildman–Crippen LogP) is -0.963. The summed E-state index contributed by atoms with van der Waals surface area (Å²) >= 11 is 1.30. The van der Waals surface area contributed by atoms with Crippen LogP contribution in [0.15, 0.2) is 4.99 Å². The highest BCUT2D eigenvalue weighted by Gasteiger charge is 2.29. The molecule has 1 amide bonds. The van der Waals surface area contributed by atoms with Crippen LogP contribution in [-0.2, 0) is 4.79 Å². The monoisotopic (exact) mass is 211 g/mol. The van der Waals surface area contributed by atoms with E-state index in [1.165, 1.54) is 17.4 Å². The topological polar surface area (TPSA) is 85.5 Å². The van der Waals surface area contributed by atoms with Crippen molar-refractivity contribution in [1.29, 1.82) is 0 Å². The summed E-state index contributed by atoms with van der Waals surface area (Å²) in [5, 5.41) is 11.2. The molecule has 1 aliphatic heterocycles. The third-order valence-corrected chi connectivity index (χ3v) is 2.67.